The molecule has 1 heterocycles. The summed E-state index contributed by atoms with van der Waals surface area (Å²) < 4.78 is 18.6. The Labute approximate surface area is 218 Å². The summed E-state index contributed by atoms with van der Waals surface area (Å²) in [4.78, 5) is 29.9. The molecule has 0 fully saturated rings. The summed E-state index contributed by atoms with van der Waals surface area (Å²) in [5, 5.41) is 4.96. The molecule has 9 heteroatoms. The molecule has 0 unspecified atom stereocenters. The van der Waals surface area contributed by atoms with Crippen LogP contribution in [0.4, 0.5) is 0 Å². The monoisotopic (exact) mass is 555 g/mol. The number of rotatable bonds is 10. The van der Waals surface area contributed by atoms with Crippen molar-refractivity contribution in [3.8, 4) is 11.5 Å². The molecule has 0 bridgehead atoms. The molecule has 0 aliphatic rings. The van der Waals surface area contributed by atoms with Gasteiger partial charge in [-0.3, -0.25) is 4.79 Å². The van der Waals surface area contributed by atoms with Gasteiger partial charge in [-0.1, -0.05) is 35.9 Å². The Morgan fingerprint density at radius 1 is 1.22 bits per heavy atom. The van der Waals surface area contributed by atoms with Gasteiger partial charge >= 0.3 is 5.97 Å². The number of halogens is 1. The molecule has 0 amide bonds. The highest BCUT2D eigenvalue weighted by Gasteiger charge is 2.17. The van der Waals surface area contributed by atoms with Gasteiger partial charge in [-0.05, 0) is 56.2 Å². The minimum absolute atomic E-state index is 0.0323. The van der Waals surface area contributed by atoms with Gasteiger partial charge in [-0.2, -0.15) is 9.78 Å². The van der Waals surface area contributed by atoms with Crippen LogP contribution in [0.3, 0.4) is 0 Å². The molecule has 0 spiro atoms. The number of carbonyl (C=O) groups is 1. The van der Waals surface area contributed by atoms with Crippen molar-refractivity contribution in [3.63, 3.8) is 0 Å². The lowest BCUT2D eigenvalue weighted by Crippen LogP contribution is -2.23. The van der Waals surface area contributed by atoms with E-state index in [1.807, 2.05) is 32.0 Å². The molecule has 0 aliphatic heterocycles. The van der Waals surface area contributed by atoms with Gasteiger partial charge in [0, 0.05) is 16.0 Å². The van der Waals surface area contributed by atoms with Crippen LogP contribution in [0, 0.1) is 0 Å². The van der Waals surface area contributed by atoms with E-state index in [0.29, 0.717) is 40.2 Å². The van der Waals surface area contributed by atoms with Crippen molar-refractivity contribution < 1.29 is 19.0 Å². The van der Waals surface area contributed by atoms with E-state index in [1.54, 1.807) is 38.3 Å². The van der Waals surface area contributed by atoms with Gasteiger partial charge in [0.15, 0.2) is 18.1 Å². The van der Waals surface area contributed by atoms with Gasteiger partial charge in [0.2, 0.25) is 0 Å². The maximum absolute atomic E-state index is 13.3. The molecule has 2 aromatic carbocycles. The number of hydrogen-bond donors (Lipinski definition) is 0. The Bertz CT molecular complexity index is 1360. The summed E-state index contributed by atoms with van der Waals surface area (Å²) in [6, 6.07) is 8.98. The van der Waals surface area contributed by atoms with Gasteiger partial charge in [-0.25, -0.2) is 9.78 Å². The summed E-state index contributed by atoms with van der Waals surface area (Å²) in [5.74, 6) is 0.888. The van der Waals surface area contributed by atoms with Crippen LogP contribution in [-0.2, 0) is 16.0 Å². The summed E-state index contributed by atoms with van der Waals surface area (Å²) >= 11 is 3.42. The van der Waals surface area contributed by atoms with E-state index in [-0.39, 0.29) is 24.2 Å². The van der Waals surface area contributed by atoms with Crippen LogP contribution in [0.25, 0.3) is 10.9 Å². The lowest BCUT2D eigenvalue weighted by Gasteiger charge is -2.16. The van der Waals surface area contributed by atoms with E-state index >= 15 is 0 Å². The van der Waals surface area contributed by atoms with Gasteiger partial charge in [0.25, 0.3) is 5.56 Å². The normalized spacial score (nSPS) is 11.4. The minimum Gasteiger partial charge on any atom is -0.493 e. The summed E-state index contributed by atoms with van der Waals surface area (Å²) in [5.41, 5.74) is 1.78. The lowest BCUT2D eigenvalue weighted by molar-refractivity contribution is -0.149. The SMILES string of the molecule is C=CCc1cc(C=Nn2c(C(C)C)nc3ccc(Br)cc3c2=O)cc(OC)c1OCC(=O)OC(C)C. The minimum atomic E-state index is -0.474. The fraction of sp³-hybridized carbons (Fsp3) is 0.333. The molecular formula is C27H30BrN3O5. The molecule has 36 heavy (non-hydrogen) atoms. The average molecular weight is 556 g/mol. The van der Waals surface area contributed by atoms with E-state index in [0.717, 1.165) is 10.0 Å². The number of benzene rings is 2. The van der Waals surface area contributed by atoms with E-state index < -0.39 is 5.97 Å². The first kappa shape index (κ1) is 27.1. The third-order valence-corrected chi connectivity index (χ3v) is 5.61. The quantitative estimate of drug-likeness (QED) is 0.193. The Balaban J connectivity index is 2.04. The van der Waals surface area contributed by atoms with Gasteiger partial charge < -0.3 is 14.2 Å². The predicted octanol–water partition coefficient (Wildman–Crippen LogP) is 5.23. The van der Waals surface area contributed by atoms with Crippen LogP contribution in [0.1, 0.15) is 50.6 Å². The first-order chi connectivity index (χ1) is 17.1. The second-order valence-corrected chi connectivity index (χ2v) is 9.59. The second-order valence-electron chi connectivity index (χ2n) is 8.68. The number of aromatic nitrogens is 2. The molecule has 0 saturated heterocycles. The molecule has 0 aliphatic carbocycles. The Morgan fingerprint density at radius 2 is 1.97 bits per heavy atom. The van der Waals surface area contributed by atoms with Crippen LogP contribution >= 0.6 is 15.9 Å². The highest BCUT2D eigenvalue weighted by atomic mass is 79.9. The van der Waals surface area contributed by atoms with Gasteiger partial charge in [-0.15, -0.1) is 6.58 Å². The predicted molar refractivity (Wildman–Crippen MR) is 144 cm³/mol. The fourth-order valence-electron chi connectivity index (χ4n) is 3.58. The Kier molecular flexibility index (Phi) is 9.03. The Morgan fingerprint density at radius 3 is 2.61 bits per heavy atom. The maximum Gasteiger partial charge on any atom is 0.344 e. The van der Waals surface area contributed by atoms with Crippen molar-refractivity contribution >= 4 is 39.0 Å². The van der Waals surface area contributed by atoms with Gasteiger partial charge in [0.1, 0.15) is 5.82 Å². The first-order valence-electron chi connectivity index (χ1n) is 11.5. The molecule has 1 aromatic heterocycles. The van der Waals surface area contributed by atoms with Crippen molar-refractivity contribution in [2.45, 2.75) is 46.1 Å². The van der Waals surface area contributed by atoms with Crippen molar-refractivity contribution in [1.82, 2.24) is 9.66 Å². The Hall–Kier alpha value is -3.46. The zero-order valence-electron chi connectivity index (χ0n) is 21.1. The molecule has 3 rings (SSSR count). The summed E-state index contributed by atoms with van der Waals surface area (Å²) in [6.45, 7) is 11.0. The fourth-order valence-corrected chi connectivity index (χ4v) is 3.95. The van der Waals surface area contributed by atoms with Crippen LogP contribution in [0.2, 0.25) is 0 Å². The molecule has 8 nitrogen and oxygen atoms in total. The van der Waals surface area contributed by atoms with Crippen LogP contribution in [0.15, 0.2) is 57.4 Å². The smallest absolute Gasteiger partial charge is 0.344 e. The number of ether oxygens (including phenoxy) is 3. The highest BCUT2D eigenvalue weighted by Crippen LogP contribution is 2.33. The topological polar surface area (TPSA) is 92.0 Å². The molecule has 0 N–H and O–H groups in total. The number of hydrogen-bond acceptors (Lipinski definition) is 7. The van der Waals surface area contributed by atoms with E-state index in [9.17, 15) is 9.59 Å². The van der Waals surface area contributed by atoms with Crippen LogP contribution in [-0.4, -0.2) is 41.7 Å². The van der Waals surface area contributed by atoms with Crippen molar-refractivity contribution in [1.29, 1.82) is 0 Å². The standard InChI is InChI=1S/C27H30BrN3O5/c1-7-8-19-11-18(12-23(34-6)25(19)35-15-24(32)36-17(4)5)14-29-31-26(16(2)3)30-22-10-9-20(28)13-21(22)27(31)33/h7,9-14,16-17H,1,8,15H2,2-6H3. The summed E-state index contributed by atoms with van der Waals surface area (Å²) in [6.07, 6.45) is 3.53. The van der Waals surface area contributed by atoms with Crippen molar-refractivity contribution in [2.24, 2.45) is 5.10 Å². The molecule has 3 aromatic rings. The highest BCUT2D eigenvalue weighted by molar-refractivity contribution is 9.10. The molecule has 0 saturated carbocycles. The van der Waals surface area contributed by atoms with Crippen LogP contribution in [0.5, 0.6) is 11.5 Å². The zero-order valence-corrected chi connectivity index (χ0v) is 22.7. The number of carbonyl (C=O) groups excluding carboxylic acids is 1. The molecule has 0 atom stereocenters. The number of methoxy groups -OCH3 is 1. The largest absolute Gasteiger partial charge is 0.493 e. The summed E-state index contributed by atoms with van der Waals surface area (Å²) in [7, 11) is 1.51. The molecule has 0 radical (unpaired) electrons. The van der Waals surface area contributed by atoms with E-state index in [1.165, 1.54) is 11.8 Å². The third kappa shape index (κ3) is 6.40. The number of nitrogens with zero attached hydrogens (tertiary/aromatic N) is 3. The van der Waals surface area contributed by atoms with Crippen molar-refractivity contribution in [3.05, 3.63) is 74.8 Å². The third-order valence-electron chi connectivity index (χ3n) is 5.11. The van der Waals surface area contributed by atoms with Crippen LogP contribution < -0.4 is 15.0 Å². The molecular weight excluding hydrogens is 526 g/mol. The molecule has 190 valence electrons. The van der Waals surface area contributed by atoms with E-state index in [4.69, 9.17) is 14.2 Å². The number of allylic oxidation sites excluding steroid dienone is 1. The van der Waals surface area contributed by atoms with E-state index in [2.05, 4.69) is 32.6 Å². The maximum atomic E-state index is 13.3. The first-order valence-corrected chi connectivity index (χ1v) is 12.3. The average Bonchev–Trinajstić information content (AvgIpc) is 2.82. The number of esters is 1. The second kappa shape index (κ2) is 12.0. The number of fused-ring (bicyclic) bond motifs is 1. The lowest BCUT2D eigenvalue weighted by atomic mass is 10.1. The van der Waals surface area contributed by atoms with Crippen molar-refractivity contribution in [2.75, 3.05) is 13.7 Å². The van der Waals surface area contributed by atoms with Gasteiger partial charge in [0.05, 0.1) is 30.3 Å². The zero-order chi connectivity index (χ0) is 26.4.